The second-order valence-corrected chi connectivity index (χ2v) is 7.76. The van der Waals surface area contributed by atoms with Gasteiger partial charge in [0.1, 0.15) is 0 Å². The number of H-pyrrole nitrogens is 1. The number of hydrogen-bond donors (Lipinski definition) is 2. The Morgan fingerprint density at radius 3 is 2.35 bits per heavy atom. The van der Waals surface area contributed by atoms with E-state index in [1.54, 1.807) is 10.8 Å². The Bertz CT molecular complexity index is 1360. The molecule has 4 heterocycles. The highest BCUT2D eigenvalue weighted by molar-refractivity contribution is 6.13. The molecule has 4 aromatic rings. The lowest BCUT2D eigenvalue weighted by molar-refractivity contribution is -0.125. The minimum absolute atomic E-state index is 0.0216. The zero-order valence-corrected chi connectivity index (χ0v) is 17.4. The molecule has 2 aliphatic rings. The molecule has 31 heavy (non-hydrogen) atoms. The zero-order chi connectivity index (χ0) is 21.7. The molecule has 0 spiro atoms. The molecular weight excluding hydrogens is 390 g/mol. The summed E-state index contributed by atoms with van der Waals surface area (Å²) < 4.78 is 1.66. The van der Waals surface area contributed by atoms with E-state index in [-0.39, 0.29) is 17.7 Å². The summed E-state index contributed by atoms with van der Waals surface area (Å²) in [4.78, 5) is 41.5. The van der Waals surface area contributed by atoms with Gasteiger partial charge in [0.15, 0.2) is 0 Å². The predicted molar refractivity (Wildman–Crippen MR) is 119 cm³/mol. The van der Waals surface area contributed by atoms with Crippen molar-refractivity contribution in [3.63, 3.8) is 0 Å². The number of imide groups is 1. The molecule has 2 N–H and O–H groups in total. The van der Waals surface area contributed by atoms with Gasteiger partial charge in [-0.2, -0.15) is 0 Å². The fraction of sp³-hybridized carbons (Fsp3) is 0.240. The van der Waals surface area contributed by atoms with E-state index >= 15 is 0 Å². The van der Waals surface area contributed by atoms with Crippen LogP contribution in [0.25, 0.3) is 21.8 Å². The van der Waals surface area contributed by atoms with Crippen LogP contribution < -0.4 is 5.32 Å². The van der Waals surface area contributed by atoms with Crippen LogP contribution in [0.3, 0.4) is 0 Å². The topological polar surface area (TPSA) is 84.0 Å². The summed E-state index contributed by atoms with van der Waals surface area (Å²) in [5.74, 6) is -1.92. The van der Waals surface area contributed by atoms with Crippen LogP contribution in [-0.2, 0) is 16.0 Å². The van der Waals surface area contributed by atoms with E-state index in [1.165, 1.54) is 0 Å². The van der Waals surface area contributed by atoms with Crippen LogP contribution >= 0.6 is 0 Å². The molecule has 2 aliphatic heterocycles. The summed E-state index contributed by atoms with van der Waals surface area (Å²) in [5, 5.41) is 4.31. The highest BCUT2D eigenvalue weighted by atomic mass is 16.2. The second-order valence-electron chi connectivity index (χ2n) is 7.76. The van der Waals surface area contributed by atoms with Gasteiger partial charge in [0, 0.05) is 35.1 Å². The van der Waals surface area contributed by atoms with Gasteiger partial charge in [0.25, 0.3) is 0 Å². The van der Waals surface area contributed by atoms with Gasteiger partial charge in [0.2, 0.25) is 17.7 Å². The summed E-state index contributed by atoms with van der Waals surface area (Å²) in [6.45, 7) is 4.00. The fourth-order valence-electron chi connectivity index (χ4n) is 4.96. The lowest BCUT2D eigenvalue weighted by atomic mass is 9.83. The number of aryl methyl sites for hydroxylation is 1. The van der Waals surface area contributed by atoms with Gasteiger partial charge >= 0.3 is 0 Å². The minimum atomic E-state index is -0.674. The van der Waals surface area contributed by atoms with E-state index in [1.807, 2.05) is 62.5 Å². The Balaban J connectivity index is 0.000000994. The van der Waals surface area contributed by atoms with E-state index < -0.39 is 11.8 Å². The number of aromatic nitrogens is 2. The van der Waals surface area contributed by atoms with Crippen molar-refractivity contribution in [2.75, 3.05) is 0 Å². The maximum absolute atomic E-state index is 12.9. The molecule has 156 valence electrons. The van der Waals surface area contributed by atoms with Crippen LogP contribution in [0.5, 0.6) is 0 Å². The number of aromatic amines is 1. The minimum Gasteiger partial charge on any atom is -0.361 e. The first-order valence-corrected chi connectivity index (χ1v) is 10.7. The number of para-hydroxylation sites is 2. The number of nitrogens with zero attached hydrogens (tertiary/aromatic N) is 1. The average Bonchev–Trinajstić information content (AvgIpc) is 3.46. The quantitative estimate of drug-likeness (QED) is 0.482. The summed E-state index contributed by atoms with van der Waals surface area (Å²) in [5.41, 5.74) is 4.42. The molecule has 1 fully saturated rings. The van der Waals surface area contributed by atoms with Crippen molar-refractivity contribution in [1.29, 1.82) is 0 Å². The van der Waals surface area contributed by atoms with Crippen molar-refractivity contribution in [2.24, 2.45) is 0 Å². The van der Waals surface area contributed by atoms with E-state index in [4.69, 9.17) is 0 Å². The largest absolute Gasteiger partial charge is 0.361 e. The number of fused-ring (bicyclic) bond motifs is 1. The molecule has 0 saturated carbocycles. The fourth-order valence-corrected chi connectivity index (χ4v) is 4.96. The molecule has 2 atom stereocenters. The van der Waals surface area contributed by atoms with Gasteiger partial charge < -0.3 is 4.98 Å². The average molecular weight is 413 g/mol. The van der Waals surface area contributed by atoms with Crippen LogP contribution in [0.1, 0.15) is 53.6 Å². The van der Waals surface area contributed by atoms with E-state index in [2.05, 4.69) is 10.3 Å². The molecule has 0 bridgehead atoms. The molecule has 6 heteroatoms. The lowest BCUT2D eigenvalue weighted by Gasteiger charge is -2.15. The molecule has 6 rings (SSSR count). The summed E-state index contributed by atoms with van der Waals surface area (Å²) in [6, 6.07) is 13.7. The van der Waals surface area contributed by atoms with Crippen molar-refractivity contribution >= 4 is 39.5 Å². The number of carbonyl (C=O) groups is 3. The maximum atomic E-state index is 12.9. The number of nitrogens with one attached hydrogen (secondary N) is 2. The molecule has 2 unspecified atom stereocenters. The highest BCUT2D eigenvalue weighted by Crippen LogP contribution is 2.44. The van der Waals surface area contributed by atoms with Crippen LogP contribution in [0.15, 0.2) is 54.9 Å². The van der Waals surface area contributed by atoms with Crippen LogP contribution in [0.2, 0.25) is 0 Å². The standard InChI is InChI=1S/C23H17N3O3.C2H6/c27-18-9-8-12-4-3-6-14-16(11-26(18)21(12)14)20-19(22(28)25-23(20)29)15-10-24-17-7-2-1-5-13(15)17;1-2/h1-7,10-11,19-20,24H,8-9H2,(H,25,28,29);1-2H3. The highest BCUT2D eigenvalue weighted by Gasteiger charge is 2.46. The number of carbonyl (C=O) groups excluding carboxylic acids is 3. The maximum Gasteiger partial charge on any atom is 0.235 e. The Hall–Kier alpha value is -3.67. The predicted octanol–water partition coefficient (Wildman–Crippen LogP) is 4.26. The van der Waals surface area contributed by atoms with Crippen LogP contribution in [-0.4, -0.2) is 27.3 Å². The summed E-state index contributed by atoms with van der Waals surface area (Å²) in [6.07, 6.45) is 4.72. The normalized spacial score (nSPS) is 20.1. The molecule has 2 aromatic heterocycles. The van der Waals surface area contributed by atoms with Crippen molar-refractivity contribution in [3.8, 4) is 0 Å². The summed E-state index contributed by atoms with van der Waals surface area (Å²) >= 11 is 0. The van der Waals surface area contributed by atoms with Gasteiger partial charge in [-0.25, -0.2) is 0 Å². The van der Waals surface area contributed by atoms with Crippen molar-refractivity contribution in [1.82, 2.24) is 14.9 Å². The van der Waals surface area contributed by atoms with E-state index in [0.717, 1.165) is 38.5 Å². The third-order valence-electron chi connectivity index (χ3n) is 6.25. The molecule has 1 saturated heterocycles. The Labute approximate surface area is 179 Å². The SMILES string of the molecule is CC.O=C1NC(=O)C(c2cn3c4c(cccc24)CCC3=O)C1c1c[nH]c2ccccc12. The lowest BCUT2D eigenvalue weighted by Crippen LogP contribution is -2.21. The second kappa shape index (κ2) is 7.23. The molecule has 2 amide bonds. The molecule has 6 nitrogen and oxygen atoms in total. The van der Waals surface area contributed by atoms with Gasteiger partial charge in [-0.1, -0.05) is 50.2 Å². The first-order chi connectivity index (χ1) is 15.1. The smallest absolute Gasteiger partial charge is 0.235 e. The van der Waals surface area contributed by atoms with Crippen molar-refractivity contribution in [3.05, 3.63) is 71.5 Å². The van der Waals surface area contributed by atoms with Crippen molar-refractivity contribution in [2.45, 2.75) is 38.5 Å². The molecule has 0 radical (unpaired) electrons. The number of amides is 2. The first-order valence-electron chi connectivity index (χ1n) is 10.7. The number of rotatable bonds is 2. The van der Waals surface area contributed by atoms with Gasteiger partial charge in [0.05, 0.1) is 17.4 Å². The summed E-state index contributed by atoms with van der Waals surface area (Å²) in [7, 11) is 0. The van der Waals surface area contributed by atoms with E-state index in [0.29, 0.717) is 12.8 Å². The molecular formula is C25H23N3O3. The van der Waals surface area contributed by atoms with Crippen molar-refractivity contribution < 1.29 is 14.4 Å². The van der Waals surface area contributed by atoms with Gasteiger partial charge in [-0.3, -0.25) is 24.3 Å². The third-order valence-corrected chi connectivity index (χ3v) is 6.25. The number of hydrogen-bond acceptors (Lipinski definition) is 3. The Morgan fingerprint density at radius 1 is 0.839 bits per heavy atom. The van der Waals surface area contributed by atoms with Gasteiger partial charge in [-0.15, -0.1) is 0 Å². The zero-order valence-electron chi connectivity index (χ0n) is 17.4. The van der Waals surface area contributed by atoms with Gasteiger partial charge in [-0.05, 0) is 29.2 Å². The monoisotopic (exact) mass is 413 g/mol. The molecule has 2 aromatic carbocycles. The van der Waals surface area contributed by atoms with Crippen LogP contribution in [0.4, 0.5) is 0 Å². The van der Waals surface area contributed by atoms with Crippen LogP contribution in [0, 0.1) is 0 Å². The Kier molecular flexibility index (Phi) is 4.50. The molecule has 0 aliphatic carbocycles. The Morgan fingerprint density at radius 2 is 1.55 bits per heavy atom. The first kappa shape index (κ1) is 19.3. The van der Waals surface area contributed by atoms with E-state index in [9.17, 15) is 14.4 Å². The third kappa shape index (κ3) is 2.75. The number of benzene rings is 2.